The predicted molar refractivity (Wildman–Crippen MR) is 71.2 cm³/mol. The van der Waals surface area contributed by atoms with E-state index >= 15 is 0 Å². The molecule has 0 aliphatic heterocycles. The van der Waals surface area contributed by atoms with Gasteiger partial charge in [0.25, 0.3) is 0 Å². The number of nitrogens with one attached hydrogen (secondary N) is 2. The van der Waals surface area contributed by atoms with Crippen molar-refractivity contribution in [3.05, 3.63) is 16.3 Å². The first kappa shape index (κ1) is 16.9. The van der Waals surface area contributed by atoms with Crippen LogP contribution in [0.15, 0.2) is 6.20 Å². The Morgan fingerprint density at radius 2 is 2.14 bits per heavy atom. The highest BCUT2D eigenvalue weighted by Gasteiger charge is 2.31. The zero-order valence-corrected chi connectivity index (χ0v) is 11.6. The molecule has 21 heavy (non-hydrogen) atoms. The van der Waals surface area contributed by atoms with Gasteiger partial charge in [0.05, 0.1) is 11.3 Å². The first-order valence-corrected chi connectivity index (χ1v) is 6.31. The van der Waals surface area contributed by atoms with Gasteiger partial charge in [-0.1, -0.05) is 6.92 Å². The van der Waals surface area contributed by atoms with Gasteiger partial charge in [-0.25, -0.2) is 4.98 Å². The average Bonchev–Trinajstić information content (AvgIpc) is 2.33. The zero-order valence-electron chi connectivity index (χ0n) is 11.6. The van der Waals surface area contributed by atoms with Crippen LogP contribution in [0, 0.1) is 10.1 Å². The Morgan fingerprint density at radius 3 is 2.67 bits per heavy atom. The van der Waals surface area contributed by atoms with Crippen molar-refractivity contribution >= 4 is 17.5 Å². The van der Waals surface area contributed by atoms with E-state index < -0.39 is 29.2 Å². The van der Waals surface area contributed by atoms with Gasteiger partial charge in [0.1, 0.15) is 6.20 Å². The largest absolute Gasteiger partial charge is 0.391 e. The fourth-order valence-corrected chi connectivity index (χ4v) is 1.57. The Balaban J connectivity index is 2.92. The Morgan fingerprint density at radius 1 is 1.48 bits per heavy atom. The fourth-order valence-electron chi connectivity index (χ4n) is 1.57. The Hall–Kier alpha value is -2.13. The number of hydrogen-bond acceptors (Lipinski definition) is 6. The number of anilines is 2. The van der Waals surface area contributed by atoms with E-state index in [9.17, 15) is 23.3 Å². The molecule has 0 radical (unpaired) electrons. The summed E-state index contributed by atoms with van der Waals surface area (Å²) in [7, 11) is 0. The summed E-state index contributed by atoms with van der Waals surface area (Å²) < 4.78 is 36.9. The molecule has 1 aromatic heterocycles. The fraction of sp³-hybridized carbons (Fsp3) is 0.636. The van der Waals surface area contributed by atoms with E-state index in [1.165, 1.54) is 6.92 Å². The topological polar surface area (TPSA) is 93.0 Å². The van der Waals surface area contributed by atoms with Crippen LogP contribution in [-0.2, 0) is 0 Å². The maximum atomic E-state index is 12.3. The molecule has 1 heterocycles. The maximum absolute atomic E-state index is 12.3. The normalized spacial score (nSPS) is 12.8. The standard InChI is InChI=1S/C11H16F3N5O2/c1-3-4-15-10-16-6-8(19(20)21)9(18-10)17-7(2)5-11(12,13)14/h6-7H,3-5H2,1-2H3,(H2,15,16,17,18). The van der Waals surface area contributed by atoms with E-state index in [4.69, 9.17) is 0 Å². The lowest BCUT2D eigenvalue weighted by Crippen LogP contribution is -2.25. The van der Waals surface area contributed by atoms with E-state index in [2.05, 4.69) is 20.6 Å². The summed E-state index contributed by atoms with van der Waals surface area (Å²) in [5.74, 6) is -0.102. The number of nitro groups is 1. The van der Waals surface area contributed by atoms with Crippen LogP contribution in [-0.4, -0.2) is 33.7 Å². The van der Waals surface area contributed by atoms with Crippen LogP contribution >= 0.6 is 0 Å². The number of hydrogen-bond donors (Lipinski definition) is 2. The molecule has 1 atom stereocenters. The molecule has 1 aromatic rings. The first-order valence-electron chi connectivity index (χ1n) is 6.31. The SMILES string of the molecule is CCCNc1ncc([N+](=O)[O-])c(NC(C)CC(F)(F)F)n1. The second kappa shape index (κ2) is 7.04. The van der Waals surface area contributed by atoms with Gasteiger partial charge in [0.15, 0.2) is 0 Å². The molecule has 0 spiro atoms. The van der Waals surface area contributed by atoms with Gasteiger partial charge >= 0.3 is 11.9 Å². The summed E-state index contributed by atoms with van der Waals surface area (Å²) in [4.78, 5) is 17.7. The lowest BCUT2D eigenvalue weighted by molar-refractivity contribution is -0.384. The van der Waals surface area contributed by atoms with Crippen molar-refractivity contribution in [2.45, 2.75) is 38.9 Å². The molecule has 2 N–H and O–H groups in total. The Kier molecular flexibility index (Phi) is 5.68. The summed E-state index contributed by atoms with van der Waals surface area (Å²) in [6, 6.07) is -1.04. The van der Waals surface area contributed by atoms with Crippen LogP contribution in [0.3, 0.4) is 0 Å². The molecule has 0 saturated heterocycles. The molecule has 0 aliphatic rings. The number of aromatic nitrogens is 2. The van der Waals surface area contributed by atoms with Crippen LogP contribution in [0.25, 0.3) is 0 Å². The number of halogens is 3. The lowest BCUT2D eigenvalue weighted by Gasteiger charge is -2.16. The molecular weight excluding hydrogens is 291 g/mol. The van der Waals surface area contributed by atoms with Gasteiger partial charge in [-0.15, -0.1) is 0 Å². The molecule has 0 aromatic carbocycles. The highest BCUT2D eigenvalue weighted by atomic mass is 19.4. The molecular formula is C11H16F3N5O2. The van der Waals surface area contributed by atoms with Crippen LogP contribution in [0.4, 0.5) is 30.6 Å². The molecule has 1 rings (SSSR count). The molecule has 0 fully saturated rings. The van der Waals surface area contributed by atoms with Crippen molar-refractivity contribution in [2.75, 3.05) is 17.2 Å². The van der Waals surface area contributed by atoms with Gasteiger partial charge in [0.2, 0.25) is 11.8 Å². The Labute approximate surface area is 119 Å². The third-order valence-electron chi connectivity index (χ3n) is 2.42. The molecule has 0 amide bonds. The minimum absolute atomic E-state index is 0.129. The first-order chi connectivity index (χ1) is 9.73. The van der Waals surface area contributed by atoms with Gasteiger partial charge < -0.3 is 10.6 Å². The van der Waals surface area contributed by atoms with Crippen molar-refractivity contribution in [3.63, 3.8) is 0 Å². The highest BCUT2D eigenvalue weighted by molar-refractivity contribution is 5.57. The number of alkyl halides is 3. The summed E-state index contributed by atoms with van der Waals surface area (Å²) >= 11 is 0. The maximum Gasteiger partial charge on any atom is 0.391 e. The van der Waals surface area contributed by atoms with E-state index in [0.29, 0.717) is 6.54 Å². The van der Waals surface area contributed by atoms with Gasteiger partial charge in [-0.05, 0) is 13.3 Å². The molecule has 0 bridgehead atoms. The Bertz CT molecular complexity index is 495. The second-order valence-electron chi connectivity index (χ2n) is 4.48. The van der Waals surface area contributed by atoms with E-state index in [1.54, 1.807) is 0 Å². The third kappa shape index (κ3) is 5.79. The number of rotatable bonds is 7. The third-order valence-corrected chi connectivity index (χ3v) is 2.42. The number of nitrogens with zero attached hydrogens (tertiary/aromatic N) is 3. The van der Waals surface area contributed by atoms with Crippen molar-refractivity contribution in [2.24, 2.45) is 0 Å². The van der Waals surface area contributed by atoms with Crippen molar-refractivity contribution in [1.82, 2.24) is 9.97 Å². The van der Waals surface area contributed by atoms with Crippen LogP contribution in [0.5, 0.6) is 0 Å². The quantitative estimate of drug-likeness (QED) is 0.594. The summed E-state index contributed by atoms with van der Waals surface area (Å²) in [6.45, 7) is 3.73. The molecule has 118 valence electrons. The smallest absolute Gasteiger partial charge is 0.361 e. The van der Waals surface area contributed by atoms with Crippen LogP contribution in [0.2, 0.25) is 0 Å². The van der Waals surface area contributed by atoms with Crippen LogP contribution in [0.1, 0.15) is 26.7 Å². The van der Waals surface area contributed by atoms with E-state index in [-0.39, 0.29) is 11.8 Å². The molecule has 7 nitrogen and oxygen atoms in total. The molecule has 0 aliphatic carbocycles. The van der Waals surface area contributed by atoms with Gasteiger partial charge in [0, 0.05) is 12.6 Å². The van der Waals surface area contributed by atoms with E-state index in [1.807, 2.05) is 6.92 Å². The summed E-state index contributed by atoms with van der Waals surface area (Å²) in [6.07, 6.45) is -3.73. The lowest BCUT2D eigenvalue weighted by atomic mass is 10.2. The van der Waals surface area contributed by atoms with Crippen molar-refractivity contribution < 1.29 is 18.1 Å². The molecule has 1 unspecified atom stereocenters. The highest BCUT2D eigenvalue weighted by Crippen LogP contribution is 2.26. The predicted octanol–water partition coefficient (Wildman–Crippen LogP) is 2.96. The minimum atomic E-state index is -4.36. The summed E-state index contributed by atoms with van der Waals surface area (Å²) in [5, 5.41) is 16.1. The minimum Gasteiger partial charge on any atom is -0.361 e. The monoisotopic (exact) mass is 307 g/mol. The zero-order chi connectivity index (χ0) is 16.0. The summed E-state index contributed by atoms with van der Waals surface area (Å²) in [5.41, 5.74) is -0.467. The second-order valence-corrected chi connectivity index (χ2v) is 4.48. The van der Waals surface area contributed by atoms with Crippen molar-refractivity contribution in [3.8, 4) is 0 Å². The van der Waals surface area contributed by atoms with Gasteiger partial charge in [-0.2, -0.15) is 18.2 Å². The van der Waals surface area contributed by atoms with Gasteiger partial charge in [-0.3, -0.25) is 10.1 Å². The van der Waals surface area contributed by atoms with Crippen molar-refractivity contribution in [1.29, 1.82) is 0 Å². The van der Waals surface area contributed by atoms with Crippen LogP contribution < -0.4 is 10.6 Å². The molecule has 0 saturated carbocycles. The molecule has 10 heteroatoms. The average molecular weight is 307 g/mol. The van der Waals surface area contributed by atoms with E-state index in [0.717, 1.165) is 12.6 Å².